The third-order valence-corrected chi connectivity index (χ3v) is 17.2. The molecule has 0 aromatic heterocycles. The third kappa shape index (κ3) is 15.7. The van der Waals surface area contributed by atoms with Crippen molar-refractivity contribution in [3.8, 4) is 5.75 Å². The van der Waals surface area contributed by atoms with E-state index in [0.29, 0.717) is 5.56 Å². The first-order chi connectivity index (χ1) is 22.9. The fraction of sp³-hybridized carbons (Fsp3) is 0.744. The number of hydrogen-bond donors (Lipinski definition) is 1. The second-order valence-corrected chi connectivity index (χ2v) is 20.6. The van der Waals surface area contributed by atoms with Crippen molar-refractivity contribution in [3.63, 3.8) is 0 Å². The van der Waals surface area contributed by atoms with E-state index in [0.717, 1.165) is 54.7 Å². The number of carbonyl (C=O) groups is 1. The zero-order valence-corrected chi connectivity index (χ0v) is 32.4. The molecule has 1 N–H and O–H groups in total. The quantitative estimate of drug-likeness (QED) is 0.0664. The van der Waals surface area contributed by atoms with Gasteiger partial charge in [0.2, 0.25) is 0 Å². The molecule has 0 amide bonds. The Hall–Kier alpha value is -1.60. The number of unbranched alkanes of at least 4 members (excludes halogenated alkanes) is 20. The van der Waals surface area contributed by atoms with Gasteiger partial charge in [-0.15, -0.1) is 0 Å². The topological polar surface area (TPSA) is 46.5 Å². The number of fused-ring (bicyclic) bond motifs is 1. The molecule has 3 nitrogen and oxygen atoms in total. The van der Waals surface area contributed by atoms with Gasteiger partial charge in [0.15, 0.2) is 0 Å². The molecule has 4 heteroatoms. The first kappa shape index (κ1) is 41.6. The Morgan fingerprint density at radius 1 is 0.511 bits per heavy atom. The minimum atomic E-state index is -2.90. The molecular formula is C43H75O3P. The van der Waals surface area contributed by atoms with Crippen LogP contribution in [0.2, 0.25) is 0 Å². The Labute approximate surface area is 291 Å². The van der Waals surface area contributed by atoms with Gasteiger partial charge >= 0.3 is 279 Å². The van der Waals surface area contributed by atoms with Crippen molar-refractivity contribution in [2.45, 2.75) is 182 Å². The molecule has 0 unspecified atom stereocenters. The van der Waals surface area contributed by atoms with E-state index in [1.165, 1.54) is 135 Å². The summed E-state index contributed by atoms with van der Waals surface area (Å²) >= 11 is 0. The first-order valence-corrected chi connectivity index (χ1v) is 23.3. The van der Waals surface area contributed by atoms with Crippen LogP contribution in [0.5, 0.6) is 5.75 Å². The van der Waals surface area contributed by atoms with Gasteiger partial charge < -0.3 is 0 Å². The zero-order valence-electron chi connectivity index (χ0n) is 31.5. The van der Waals surface area contributed by atoms with Crippen LogP contribution < -0.4 is 0 Å². The normalized spacial score (nSPS) is 12.7. The van der Waals surface area contributed by atoms with Crippen LogP contribution in [-0.2, 0) is 4.52 Å². The molecule has 0 aliphatic carbocycles. The predicted octanol–water partition coefficient (Wildman–Crippen LogP) is 14.6. The van der Waals surface area contributed by atoms with Crippen molar-refractivity contribution < 1.29 is 14.4 Å². The van der Waals surface area contributed by atoms with Crippen LogP contribution in [0.25, 0.3) is 10.8 Å². The van der Waals surface area contributed by atoms with E-state index in [9.17, 15) is 9.90 Å². The maximum atomic E-state index is 14.4. The zero-order chi connectivity index (χ0) is 34.1. The summed E-state index contributed by atoms with van der Waals surface area (Å²) in [4.78, 5) is 14.4. The van der Waals surface area contributed by atoms with Gasteiger partial charge in [-0.2, -0.15) is 0 Å². The summed E-state index contributed by atoms with van der Waals surface area (Å²) in [6.45, 7) is 6.23. The summed E-state index contributed by atoms with van der Waals surface area (Å²) in [5.41, 5.74) is 0.350. The summed E-state index contributed by atoms with van der Waals surface area (Å²) < 4.78 is 7.21. The summed E-state index contributed by atoms with van der Waals surface area (Å²) in [6.07, 6.45) is 34.9. The number of carbonyl (C=O) groups excluding carboxylic acids is 1. The molecule has 2 aromatic carbocycles. The summed E-state index contributed by atoms with van der Waals surface area (Å²) in [5, 5.41) is 13.0. The number of benzene rings is 2. The van der Waals surface area contributed by atoms with Gasteiger partial charge in [0, 0.05) is 0 Å². The molecule has 0 radical (unpaired) electrons. The summed E-state index contributed by atoms with van der Waals surface area (Å²) in [5.74, 6) is -0.218. The number of phenolic OH excluding ortho intramolecular Hbond substituents is 1. The molecule has 2 rings (SSSR count). The van der Waals surface area contributed by atoms with Crippen LogP contribution in [0, 0.1) is 0 Å². The van der Waals surface area contributed by atoms with Gasteiger partial charge in [0.05, 0.1) is 0 Å². The monoisotopic (exact) mass is 671 g/mol. The number of hydrogen-bond acceptors (Lipinski definition) is 3. The van der Waals surface area contributed by atoms with Gasteiger partial charge in [-0.3, -0.25) is 0 Å². The van der Waals surface area contributed by atoms with Gasteiger partial charge in [0.1, 0.15) is 0 Å². The average molecular weight is 671 g/mol. The van der Waals surface area contributed by atoms with Crippen molar-refractivity contribution in [1.29, 1.82) is 0 Å². The molecule has 0 saturated carbocycles. The SMILES string of the molecule is CCCCCCCCCCCCCCP(CCCCCC)(CCCCCC)(CCCCCC)OC(=O)c1cc2ccccc2cc1O. The van der Waals surface area contributed by atoms with Crippen LogP contribution in [0.1, 0.15) is 192 Å². The van der Waals surface area contributed by atoms with E-state index in [1.807, 2.05) is 30.3 Å². The standard InChI is InChI=1S/C43H75O3P/c1-5-9-13-17-18-19-20-21-22-23-24-30-36-47(33-27-14-10-6-2,34-28-15-11-7-3,35-29-16-12-8-4)46-43(45)41-37-39-31-25-26-32-40(39)38-42(41)44/h25-26,31-32,37-38,44H,5-24,27-30,33-36H2,1-4H3. The van der Waals surface area contributed by atoms with Gasteiger partial charge in [-0.1, -0.05) is 13.3 Å². The fourth-order valence-electron chi connectivity index (χ4n) is 7.70. The molecule has 0 saturated heterocycles. The van der Waals surface area contributed by atoms with E-state index < -0.39 is 6.83 Å². The Bertz CT molecular complexity index is 1060. The molecule has 2 aromatic rings. The van der Waals surface area contributed by atoms with Crippen molar-refractivity contribution in [3.05, 3.63) is 42.0 Å². The Kier molecular flexibility index (Phi) is 21.7. The Morgan fingerprint density at radius 2 is 0.830 bits per heavy atom. The number of aromatic hydroxyl groups is 1. The molecule has 0 aliphatic heterocycles. The van der Waals surface area contributed by atoms with E-state index in [-0.39, 0.29) is 11.7 Å². The van der Waals surface area contributed by atoms with Gasteiger partial charge in [0.25, 0.3) is 0 Å². The molecule has 0 fully saturated rings. The summed E-state index contributed by atoms with van der Waals surface area (Å²) in [6, 6.07) is 11.6. The maximum absolute atomic E-state index is 14.4. The Morgan fingerprint density at radius 3 is 1.21 bits per heavy atom. The first-order valence-electron chi connectivity index (χ1n) is 20.4. The molecule has 0 spiro atoms. The van der Waals surface area contributed by atoms with Crippen molar-refractivity contribution in [1.82, 2.24) is 0 Å². The van der Waals surface area contributed by atoms with Crippen LogP contribution in [0.15, 0.2) is 36.4 Å². The molecule has 0 atom stereocenters. The second-order valence-electron chi connectivity index (χ2n) is 14.9. The van der Waals surface area contributed by atoms with Crippen LogP contribution in [0.4, 0.5) is 0 Å². The second kappa shape index (κ2) is 24.5. The van der Waals surface area contributed by atoms with E-state index in [1.54, 1.807) is 6.07 Å². The van der Waals surface area contributed by atoms with Crippen molar-refractivity contribution in [2.75, 3.05) is 24.6 Å². The van der Waals surface area contributed by atoms with Gasteiger partial charge in [-0.05, 0) is 0 Å². The summed E-state index contributed by atoms with van der Waals surface area (Å²) in [7, 11) is 0. The average Bonchev–Trinajstić information content (AvgIpc) is 3.07. The van der Waals surface area contributed by atoms with Crippen LogP contribution in [-0.4, -0.2) is 35.7 Å². The molecule has 0 heterocycles. The molecule has 47 heavy (non-hydrogen) atoms. The van der Waals surface area contributed by atoms with Gasteiger partial charge in [-0.25, -0.2) is 0 Å². The molecule has 0 bridgehead atoms. The Balaban J connectivity index is 2.29. The molecule has 270 valence electrons. The number of phenols is 1. The molecular weight excluding hydrogens is 595 g/mol. The van der Waals surface area contributed by atoms with Crippen LogP contribution in [0.3, 0.4) is 0 Å². The predicted molar refractivity (Wildman–Crippen MR) is 211 cm³/mol. The van der Waals surface area contributed by atoms with Crippen LogP contribution >= 0.6 is 6.83 Å². The van der Waals surface area contributed by atoms with E-state index >= 15 is 0 Å². The van der Waals surface area contributed by atoms with Crippen molar-refractivity contribution in [2.24, 2.45) is 0 Å². The number of rotatable bonds is 30. The van der Waals surface area contributed by atoms with E-state index in [2.05, 4.69) is 27.7 Å². The van der Waals surface area contributed by atoms with E-state index in [4.69, 9.17) is 4.52 Å². The fourth-order valence-corrected chi connectivity index (χ4v) is 14.1. The molecule has 0 aliphatic rings. The third-order valence-electron chi connectivity index (χ3n) is 10.7. The van der Waals surface area contributed by atoms with Crippen molar-refractivity contribution >= 4 is 23.6 Å². The minimum absolute atomic E-state index is 0.0543.